The van der Waals surface area contributed by atoms with Crippen molar-refractivity contribution >= 4 is 0 Å². The molecule has 0 saturated heterocycles. The molecular weight excluding hydrogens is 188 g/mol. The fraction of sp³-hybridized carbons (Fsp3) is 0.583. The molecule has 0 aliphatic carbocycles. The third-order valence-electron chi connectivity index (χ3n) is 2.43. The van der Waals surface area contributed by atoms with Gasteiger partial charge in [0.05, 0.1) is 6.61 Å². The number of aromatic nitrogens is 1. The van der Waals surface area contributed by atoms with Crippen LogP contribution in [0, 0.1) is 6.92 Å². The summed E-state index contributed by atoms with van der Waals surface area (Å²) in [6.07, 6.45) is 3.75. The van der Waals surface area contributed by atoms with Crippen molar-refractivity contribution < 1.29 is 5.11 Å². The van der Waals surface area contributed by atoms with Crippen LogP contribution in [0.3, 0.4) is 0 Å². The maximum Gasteiger partial charge on any atom is 0.0558 e. The zero-order valence-corrected chi connectivity index (χ0v) is 9.77. The number of nitrogens with zero attached hydrogens (tertiary/aromatic N) is 2. The molecule has 84 valence electrons. The first-order valence-corrected chi connectivity index (χ1v) is 5.39. The van der Waals surface area contributed by atoms with Crippen molar-refractivity contribution in [1.82, 2.24) is 9.88 Å². The summed E-state index contributed by atoms with van der Waals surface area (Å²) in [4.78, 5) is 6.40. The van der Waals surface area contributed by atoms with Gasteiger partial charge in [0.1, 0.15) is 0 Å². The van der Waals surface area contributed by atoms with Gasteiger partial charge in [-0.2, -0.15) is 0 Å². The lowest BCUT2D eigenvalue weighted by Gasteiger charge is -2.25. The number of aryl methyl sites for hydroxylation is 1. The molecule has 0 atom stereocenters. The summed E-state index contributed by atoms with van der Waals surface area (Å²) >= 11 is 0. The van der Waals surface area contributed by atoms with E-state index in [4.69, 9.17) is 5.11 Å². The summed E-state index contributed by atoms with van der Waals surface area (Å²) in [5, 5.41) is 8.96. The number of hydrogen-bond donors (Lipinski definition) is 1. The number of aliphatic hydroxyl groups is 1. The van der Waals surface area contributed by atoms with Gasteiger partial charge >= 0.3 is 0 Å². The van der Waals surface area contributed by atoms with E-state index >= 15 is 0 Å². The van der Waals surface area contributed by atoms with Crippen LogP contribution in [0.25, 0.3) is 0 Å². The Kier molecular flexibility index (Phi) is 4.72. The molecular formula is C12H20N2O. The molecule has 3 heteroatoms. The first kappa shape index (κ1) is 12.1. The predicted octanol–water partition coefficient (Wildman–Crippen LogP) is 1.59. The molecule has 3 nitrogen and oxygen atoms in total. The highest BCUT2D eigenvalue weighted by Crippen LogP contribution is 2.08. The smallest absolute Gasteiger partial charge is 0.0558 e. The second-order valence-electron chi connectivity index (χ2n) is 4.16. The van der Waals surface area contributed by atoms with Crippen LogP contribution in [0.1, 0.15) is 25.0 Å². The van der Waals surface area contributed by atoms with E-state index in [0.29, 0.717) is 12.6 Å². The van der Waals surface area contributed by atoms with Crippen molar-refractivity contribution in [3.05, 3.63) is 29.6 Å². The Morgan fingerprint density at radius 1 is 1.40 bits per heavy atom. The molecule has 0 aromatic carbocycles. The highest BCUT2D eigenvalue weighted by Gasteiger charge is 2.09. The van der Waals surface area contributed by atoms with Crippen LogP contribution in [0.4, 0.5) is 0 Å². The fourth-order valence-electron chi connectivity index (χ4n) is 1.59. The lowest BCUT2D eigenvalue weighted by Crippen LogP contribution is -2.32. The van der Waals surface area contributed by atoms with Crippen LogP contribution in [-0.2, 0) is 6.54 Å². The monoisotopic (exact) mass is 208 g/mol. The Bertz CT molecular complexity index is 299. The molecule has 0 spiro atoms. The lowest BCUT2D eigenvalue weighted by molar-refractivity contribution is 0.159. The minimum absolute atomic E-state index is 0.206. The van der Waals surface area contributed by atoms with Gasteiger partial charge in [-0.25, -0.2) is 0 Å². The van der Waals surface area contributed by atoms with Gasteiger partial charge in [0.2, 0.25) is 0 Å². The minimum Gasteiger partial charge on any atom is -0.395 e. The average Bonchev–Trinajstić information content (AvgIpc) is 2.17. The fourth-order valence-corrected chi connectivity index (χ4v) is 1.59. The van der Waals surface area contributed by atoms with Crippen molar-refractivity contribution in [2.75, 3.05) is 13.2 Å². The van der Waals surface area contributed by atoms with Crippen LogP contribution < -0.4 is 0 Å². The SMILES string of the molecule is Cc1cncc(CN(CCO)C(C)C)c1. The van der Waals surface area contributed by atoms with Crippen molar-refractivity contribution in [2.45, 2.75) is 33.4 Å². The Balaban J connectivity index is 2.65. The maximum atomic E-state index is 8.96. The van der Waals surface area contributed by atoms with Crippen molar-refractivity contribution in [2.24, 2.45) is 0 Å². The standard InChI is InChI=1S/C12H20N2O/c1-10(2)14(4-5-15)9-12-6-11(3)7-13-8-12/h6-8,10,15H,4-5,9H2,1-3H3. The Hall–Kier alpha value is -0.930. The molecule has 1 N–H and O–H groups in total. The maximum absolute atomic E-state index is 8.96. The van der Waals surface area contributed by atoms with Crippen LogP contribution in [0.2, 0.25) is 0 Å². The summed E-state index contributed by atoms with van der Waals surface area (Å²) < 4.78 is 0. The van der Waals surface area contributed by atoms with E-state index < -0.39 is 0 Å². The van der Waals surface area contributed by atoms with E-state index in [1.165, 1.54) is 11.1 Å². The first-order valence-electron chi connectivity index (χ1n) is 5.39. The molecule has 0 unspecified atom stereocenters. The number of aliphatic hydroxyl groups excluding tert-OH is 1. The largest absolute Gasteiger partial charge is 0.395 e. The van der Waals surface area contributed by atoms with Gasteiger partial charge in [-0.05, 0) is 31.9 Å². The van der Waals surface area contributed by atoms with Gasteiger partial charge in [0, 0.05) is 31.5 Å². The minimum atomic E-state index is 0.206. The predicted molar refractivity (Wildman–Crippen MR) is 61.6 cm³/mol. The summed E-state index contributed by atoms with van der Waals surface area (Å²) in [5.74, 6) is 0. The Labute approximate surface area is 91.8 Å². The van der Waals surface area contributed by atoms with Crippen LogP contribution in [0.5, 0.6) is 0 Å². The Morgan fingerprint density at radius 2 is 2.13 bits per heavy atom. The van der Waals surface area contributed by atoms with Crippen molar-refractivity contribution in [3.63, 3.8) is 0 Å². The molecule has 0 fully saturated rings. The average molecular weight is 208 g/mol. The molecule has 0 radical (unpaired) electrons. The summed E-state index contributed by atoms with van der Waals surface area (Å²) in [6, 6.07) is 2.58. The molecule has 0 saturated carbocycles. The molecule has 1 aromatic heterocycles. The van der Waals surface area contributed by atoms with Gasteiger partial charge in [-0.15, -0.1) is 0 Å². The van der Waals surface area contributed by atoms with E-state index in [9.17, 15) is 0 Å². The van der Waals surface area contributed by atoms with Gasteiger partial charge < -0.3 is 5.11 Å². The Morgan fingerprint density at radius 3 is 2.67 bits per heavy atom. The second kappa shape index (κ2) is 5.83. The zero-order valence-electron chi connectivity index (χ0n) is 9.77. The second-order valence-corrected chi connectivity index (χ2v) is 4.16. The van der Waals surface area contributed by atoms with E-state index in [0.717, 1.165) is 6.54 Å². The number of pyridine rings is 1. The van der Waals surface area contributed by atoms with Gasteiger partial charge in [0.15, 0.2) is 0 Å². The number of rotatable bonds is 5. The summed E-state index contributed by atoms with van der Waals surface area (Å²) in [6.45, 7) is 8.09. The van der Waals surface area contributed by atoms with Crippen LogP contribution in [0.15, 0.2) is 18.5 Å². The van der Waals surface area contributed by atoms with Gasteiger partial charge in [0.25, 0.3) is 0 Å². The van der Waals surface area contributed by atoms with E-state index in [1.807, 2.05) is 19.3 Å². The van der Waals surface area contributed by atoms with E-state index in [-0.39, 0.29) is 6.61 Å². The third kappa shape index (κ3) is 3.98. The zero-order chi connectivity index (χ0) is 11.3. The molecule has 1 aromatic rings. The topological polar surface area (TPSA) is 36.4 Å². The van der Waals surface area contributed by atoms with Gasteiger partial charge in [-0.3, -0.25) is 9.88 Å². The molecule has 1 heterocycles. The highest BCUT2D eigenvalue weighted by molar-refractivity contribution is 5.16. The molecule has 15 heavy (non-hydrogen) atoms. The molecule has 0 amide bonds. The normalized spacial score (nSPS) is 11.3. The highest BCUT2D eigenvalue weighted by atomic mass is 16.3. The molecule has 0 bridgehead atoms. The molecule has 0 aliphatic heterocycles. The van der Waals surface area contributed by atoms with E-state index in [2.05, 4.69) is 29.8 Å². The third-order valence-corrected chi connectivity index (χ3v) is 2.43. The van der Waals surface area contributed by atoms with Crippen LogP contribution in [-0.4, -0.2) is 34.2 Å². The van der Waals surface area contributed by atoms with Crippen molar-refractivity contribution in [3.8, 4) is 0 Å². The molecule has 0 aliphatic rings. The van der Waals surface area contributed by atoms with Gasteiger partial charge in [-0.1, -0.05) is 6.07 Å². The van der Waals surface area contributed by atoms with Crippen molar-refractivity contribution in [1.29, 1.82) is 0 Å². The van der Waals surface area contributed by atoms with Crippen LogP contribution >= 0.6 is 0 Å². The molecule has 1 rings (SSSR count). The first-order chi connectivity index (χ1) is 7.13. The summed E-state index contributed by atoms with van der Waals surface area (Å²) in [5.41, 5.74) is 2.39. The lowest BCUT2D eigenvalue weighted by atomic mass is 10.2. The quantitative estimate of drug-likeness (QED) is 0.798. The number of hydrogen-bond acceptors (Lipinski definition) is 3. The summed E-state index contributed by atoms with van der Waals surface area (Å²) in [7, 11) is 0. The van der Waals surface area contributed by atoms with E-state index in [1.54, 1.807) is 0 Å².